The SMILES string of the molecule is NC(=O)c1ccc(-n2cccn2)c(Cl)c1. The van der Waals surface area contributed by atoms with Crippen molar-refractivity contribution in [2.45, 2.75) is 0 Å². The second-order valence-electron chi connectivity index (χ2n) is 2.98. The molecule has 0 aliphatic carbocycles. The predicted molar refractivity (Wildman–Crippen MR) is 57.1 cm³/mol. The van der Waals surface area contributed by atoms with Gasteiger partial charge in [-0.1, -0.05) is 11.6 Å². The molecule has 0 aliphatic heterocycles. The van der Waals surface area contributed by atoms with Crippen LogP contribution in [0, 0.1) is 0 Å². The average molecular weight is 222 g/mol. The maximum absolute atomic E-state index is 10.9. The van der Waals surface area contributed by atoms with Crippen LogP contribution in [0.4, 0.5) is 0 Å². The van der Waals surface area contributed by atoms with Gasteiger partial charge in [-0.05, 0) is 24.3 Å². The Balaban J connectivity index is 2.48. The Morgan fingerprint density at radius 2 is 2.27 bits per heavy atom. The molecule has 1 aromatic heterocycles. The van der Waals surface area contributed by atoms with Crippen molar-refractivity contribution in [2.24, 2.45) is 5.73 Å². The standard InChI is InChI=1S/C10H8ClN3O/c11-8-6-7(10(12)15)2-3-9(8)14-5-1-4-13-14/h1-6H,(H2,12,15). The number of rotatable bonds is 2. The molecular weight excluding hydrogens is 214 g/mol. The van der Waals surface area contributed by atoms with Crippen molar-refractivity contribution in [3.05, 3.63) is 47.2 Å². The van der Waals surface area contributed by atoms with Gasteiger partial charge in [0, 0.05) is 18.0 Å². The number of carbonyl (C=O) groups excluding carboxylic acids is 1. The van der Waals surface area contributed by atoms with Gasteiger partial charge in [0.15, 0.2) is 0 Å². The lowest BCUT2D eigenvalue weighted by Crippen LogP contribution is -2.11. The fraction of sp³-hybridized carbons (Fsp3) is 0. The van der Waals surface area contributed by atoms with E-state index in [-0.39, 0.29) is 0 Å². The van der Waals surface area contributed by atoms with Crippen LogP contribution in [0.2, 0.25) is 5.02 Å². The van der Waals surface area contributed by atoms with E-state index in [1.807, 2.05) is 0 Å². The molecule has 0 bridgehead atoms. The highest BCUT2D eigenvalue weighted by molar-refractivity contribution is 6.32. The fourth-order valence-electron chi connectivity index (χ4n) is 1.26. The number of hydrogen-bond acceptors (Lipinski definition) is 2. The highest BCUT2D eigenvalue weighted by Gasteiger charge is 2.06. The first-order valence-electron chi connectivity index (χ1n) is 4.28. The first-order valence-corrected chi connectivity index (χ1v) is 4.65. The second kappa shape index (κ2) is 3.74. The number of nitrogens with zero attached hydrogens (tertiary/aromatic N) is 2. The molecule has 2 N–H and O–H groups in total. The van der Waals surface area contributed by atoms with Crippen LogP contribution in [-0.4, -0.2) is 15.7 Å². The normalized spacial score (nSPS) is 10.2. The van der Waals surface area contributed by atoms with Gasteiger partial charge >= 0.3 is 0 Å². The Kier molecular flexibility index (Phi) is 2.43. The van der Waals surface area contributed by atoms with Crippen LogP contribution in [0.25, 0.3) is 5.69 Å². The molecule has 4 nitrogen and oxygen atoms in total. The van der Waals surface area contributed by atoms with Crippen LogP contribution < -0.4 is 5.73 Å². The monoisotopic (exact) mass is 221 g/mol. The molecule has 0 aliphatic rings. The van der Waals surface area contributed by atoms with E-state index < -0.39 is 5.91 Å². The smallest absolute Gasteiger partial charge is 0.248 e. The van der Waals surface area contributed by atoms with Gasteiger partial charge in [0.25, 0.3) is 0 Å². The molecule has 2 aromatic rings. The molecule has 1 heterocycles. The Bertz CT molecular complexity index is 493. The summed E-state index contributed by atoms with van der Waals surface area (Å²) in [6.07, 6.45) is 3.42. The minimum absolute atomic E-state index is 0.385. The number of primary amides is 1. The average Bonchev–Trinajstić information content (AvgIpc) is 2.70. The summed E-state index contributed by atoms with van der Waals surface area (Å²) in [6.45, 7) is 0. The van der Waals surface area contributed by atoms with E-state index in [1.165, 1.54) is 6.07 Å². The molecule has 0 atom stereocenters. The van der Waals surface area contributed by atoms with Crippen LogP contribution in [-0.2, 0) is 0 Å². The quantitative estimate of drug-likeness (QED) is 0.838. The molecule has 0 radical (unpaired) electrons. The summed E-state index contributed by atoms with van der Waals surface area (Å²) in [5, 5.41) is 4.48. The Morgan fingerprint density at radius 3 is 2.80 bits per heavy atom. The van der Waals surface area contributed by atoms with Gasteiger partial charge in [0.1, 0.15) is 0 Å². The third-order valence-electron chi connectivity index (χ3n) is 1.98. The van der Waals surface area contributed by atoms with E-state index in [2.05, 4.69) is 5.10 Å². The van der Waals surface area contributed by atoms with Crippen molar-refractivity contribution in [2.75, 3.05) is 0 Å². The zero-order valence-corrected chi connectivity index (χ0v) is 8.48. The van der Waals surface area contributed by atoms with Gasteiger partial charge < -0.3 is 5.73 Å². The molecule has 2 rings (SSSR count). The Hall–Kier alpha value is -1.81. The minimum Gasteiger partial charge on any atom is -0.366 e. The van der Waals surface area contributed by atoms with E-state index in [0.717, 1.165) is 0 Å². The second-order valence-corrected chi connectivity index (χ2v) is 3.39. The minimum atomic E-state index is -0.496. The molecule has 76 valence electrons. The van der Waals surface area contributed by atoms with Crippen LogP contribution in [0.3, 0.4) is 0 Å². The molecule has 0 unspecified atom stereocenters. The van der Waals surface area contributed by atoms with Crippen LogP contribution >= 0.6 is 11.6 Å². The van der Waals surface area contributed by atoms with E-state index in [9.17, 15) is 4.79 Å². The van der Waals surface area contributed by atoms with E-state index in [0.29, 0.717) is 16.3 Å². The maximum Gasteiger partial charge on any atom is 0.248 e. The highest BCUT2D eigenvalue weighted by Crippen LogP contribution is 2.20. The van der Waals surface area contributed by atoms with E-state index in [1.54, 1.807) is 35.3 Å². The number of carbonyl (C=O) groups is 1. The van der Waals surface area contributed by atoms with Crippen molar-refractivity contribution in [3.63, 3.8) is 0 Å². The van der Waals surface area contributed by atoms with Crippen molar-refractivity contribution >= 4 is 17.5 Å². The zero-order valence-electron chi connectivity index (χ0n) is 7.72. The maximum atomic E-state index is 10.9. The highest BCUT2D eigenvalue weighted by atomic mass is 35.5. The van der Waals surface area contributed by atoms with Crippen molar-refractivity contribution in [1.82, 2.24) is 9.78 Å². The molecule has 1 amide bonds. The lowest BCUT2D eigenvalue weighted by molar-refractivity contribution is 0.100. The fourth-order valence-corrected chi connectivity index (χ4v) is 1.52. The Morgan fingerprint density at radius 1 is 1.47 bits per heavy atom. The molecule has 0 saturated carbocycles. The lowest BCUT2D eigenvalue weighted by Gasteiger charge is -2.05. The van der Waals surface area contributed by atoms with Crippen LogP contribution in [0.15, 0.2) is 36.7 Å². The molecule has 0 fully saturated rings. The van der Waals surface area contributed by atoms with Crippen molar-refractivity contribution < 1.29 is 4.79 Å². The largest absolute Gasteiger partial charge is 0.366 e. The summed E-state index contributed by atoms with van der Waals surface area (Å²) in [4.78, 5) is 10.9. The Labute approximate surface area is 91.3 Å². The molecule has 5 heteroatoms. The summed E-state index contributed by atoms with van der Waals surface area (Å²) >= 11 is 6.00. The molecule has 1 aromatic carbocycles. The number of aromatic nitrogens is 2. The number of benzene rings is 1. The first-order chi connectivity index (χ1) is 7.18. The van der Waals surface area contributed by atoms with Crippen molar-refractivity contribution in [1.29, 1.82) is 0 Å². The summed E-state index contributed by atoms with van der Waals surface area (Å²) < 4.78 is 1.62. The van der Waals surface area contributed by atoms with Crippen LogP contribution in [0.5, 0.6) is 0 Å². The number of hydrogen-bond donors (Lipinski definition) is 1. The summed E-state index contributed by atoms with van der Waals surface area (Å²) in [5.41, 5.74) is 6.23. The van der Waals surface area contributed by atoms with Crippen LogP contribution in [0.1, 0.15) is 10.4 Å². The van der Waals surface area contributed by atoms with Gasteiger partial charge in [-0.2, -0.15) is 5.10 Å². The number of halogens is 1. The summed E-state index contributed by atoms with van der Waals surface area (Å²) in [5.74, 6) is -0.496. The first kappa shape index (κ1) is 9.73. The van der Waals surface area contributed by atoms with E-state index in [4.69, 9.17) is 17.3 Å². The van der Waals surface area contributed by atoms with Gasteiger partial charge in [-0.25, -0.2) is 4.68 Å². The topological polar surface area (TPSA) is 60.9 Å². The third kappa shape index (κ3) is 1.85. The predicted octanol–water partition coefficient (Wildman–Crippen LogP) is 1.62. The molecule has 15 heavy (non-hydrogen) atoms. The number of nitrogens with two attached hydrogens (primary N) is 1. The molecular formula is C10H8ClN3O. The summed E-state index contributed by atoms with van der Waals surface area (Å²) in [7, 11) is 0. The zero-order chi connectivity index (χ0) is 10.8. The number of amides is 1. The molecule has 0 saturated heterocycles. The van der Waals surface area contributed by atoms with Gasteiger partial charge in [-0.15, -0.1) is 0 Å². The van der Waals surface area contributed by atoms with Crippen molar-refractivity contribution in [3.8, 4) is 5.69 Å². The summed E-state index contributed by atoms with van der Waals surface area (Å²) in [6, 6.07) is 6.64. The lowest BCUT2D eigenvalue weighted by atomic mass is 10.2. The van der Waals surface area contributed by atoms with E-state index >= 15 is 0 Å². The van der Waals surface area contributed by atoms with Gasteiger partial charge in [0.2, 0.25) is 5.91 Å². The van der Waals surface area contributed by atoms with Gasteiger partial charge in [-0.3, -0.25) is 4.79 Å². The van der Waals surface area contributed by atoms with Gasteiger partial charge in [0.05, 0.1) is 10.7 Å². The molecule has 0 spiro atoms. The third-order valence-corrected chi connectivity index (χ3v) is 2.29.